The lowest BCUT2D eigenvalue weighted by Crippen LogP contribution is -2.60. The molecule has 1 aromatic heterocycles. The molecule has 0 fully saturated rings. The number of thiophene rings is 1. The second-order valence-corrected chi connectivity index (χ2v) is 27.2. The maximum Gasteiger partial charge on any atom is 0.264 e. The molecule has 0 N–H and O–H groups in total. The summed E-state index contributed by atoms with van der Waals surface area (Å²) in [6.07, 6.45) is 2.32. The van der Waals surface area contributed by atoms with Gasteiger partial charge < -0.3 is 14.7 Å². The Hall–Kier alpha value is -6.82. The first-order valence-electron chi connectivity index (χ1n) is 27.3. The highest BCUT2D eigenvalue weighted by molar-refractivity contribution is 7.33. The zero-order chi connectivity index (χ0) is 52.6. The first-order valence-corrected chi connectivity index (χ1v) is 28.1. The van der Waals surface area contributed by atoms with Crippen LogP contribution in [0.25, 0.3) is 21.2 Å². The zero-order valence-electron chi connectivity index (χ0n) is 46.5. The summed E-state index contributed by atoms with van der Waals surface area (Å²) in [4.78, 5) is 7.85. The van der Waals surface area contributed by atoms with Crippen LogP contribution in [0.4, 0.5) is 51.2 Å². The minimum Gasteiger partial charge on any atom is -0.311 e. The molecule has 1 aliphatic carbocycles. The van der Waals surface area contributed by atoms with Gasteiger partial charge in [0.1, 0.15) is 0 Å². The van der Waals surface area contributed by atoms with Crippen molar-refractivity contribution < 1.29 is 0 Å². The lowest BCUT2D eigenvalue weighted by Gasteiger charge is -2.46. The number of fused-ring (bicyclic) bond motifs is 7. The van der Waals surface area contributed by atoms with Crippen LogP contribution in [0.1, 0.15) is 131 Å². The van der Waals surface area contributed by atoms with Crippen LogP contribution < -0.4 is 30.4 Å². The van der Waals surface area contributed by atoms with E-state index in [2.05, 4.69) is 281 Å². The minimum atomic E-state index is -0.0892. The van der Waals surface area contributed by atoms with Crippen molar-refractivity contribution in [3.63, 3.8) is 0 Å². The smallest absolute Gasteiger partial charge is 0.264 e. The van der Waals surface area contributed by atoms with Crippen LogP contribution in [-0.2, 0) is 27.1 Å². The molecule has 8 aromatic carbocycles. The Morgan fingerprint density at radius 2 is 1.00 bits per heavy atom. The molecule has 0 radical (unpaired) electrons. The third-order valence-corrected chi connectivity index (χ3v) is 18.2. The van der Waals surface area contributed by atoms with E-state index in [1.165, 1.54) is 105 Å². The molecule has 0 unspecified atom stereocenters. The minimum absolute atomic E-state index is 0.0182. The number of benzene rings is 8. The summed E-state index contributed by atoms with van der Waals surface area (Å²) in [6.45, 7) is 30.9. The van der Waals surface area contributed by atoms with Crippen LogP contribution >= 0.6 is 11.3 Å². The highest BCUT2D eigenvalue weighted by Gasteiger charge is 2.47. The highest BCUT2D eigenvalue weighted by Crippen LogP contribution is 2.54. The molecule has 75 heavy (non-hydrogen) atoms. The van der Waals surface area contributed by atoms with Gasteiger partial charge in [-0.25, -0.2) is 0 Å². The van der Waals surface area contributed by atoms with Gasteiger partial charge in [-0.05, 0) is 163 Å². The molecule has 3 aliphatic rings. The number of hydrogen-bond donors (Lipinski definition) is 0. The Bertz CT molecular complexity index is 3640. The Balaban J connectivity index is 1.27. The predicted molar refractivity (Wildman–Crippen MR) is 327 cm³/mol. The Morgan fingerprint density at radius 1 is 0.467 bits per heavy atom. The first kappa shape index (κ1) is 49.1. The third kappa shape index (κ3) is 8.24. The summed E-state index contributed by atoms with van der Waals surface area (Å²) >= 11 is 1.99. The Morgan fingerprint density at radius 3 is 1.61 bits per heavy atom. The molecule has 376 valence electrons. The van der Waals surface area contributed by atoms with Gasteiger partial charge in [0, 0.05) is 54.6 Å². The van der Waals surface area contributed by atoms with E-state index in [1.807, 2.05) is 11.3 Å². The molecule has 9 aromatic rings. The molecule has 5 heteroatoms. The molecule has 0 bridgehead atoms. The highest BCUT2D eigenvalue weighted by atomic mass is 32.1. The van der Waals surface area contributed by atoms with Crippen LogP contribution in [0.3, 0.4) is 0 Å². The molecular weight excluding hydrogens is 926 g/mol. The number of anilines is 9. The average molecular weight is 998 g/mol. The van der Waals surface area contributed by atoms with E-state index in [4.69, 9.17) is 0 Å². The van der Waals surface area contributed by atoms with Crippen LogP contribution in [0, 0.1) is 0 Å². The van der Waals surface area contributed by atoms with E-state index in [0.717, 1.165) is 23.5 Å². The van der Waals surface area contributed by atoms with Crippen LogP contribution in [0.5, 0.6) is 0 Å². The molecule has 2 aliphatic heterocycles. The van der Waals surface area contributed by atoms with Crippen molar-refractivity contribution >= 4 is 95.0 Å². The van der Waals surface area contributed by atoms with Crippen molar-refractivity contribution in [1.29, 1.82) is 0 Å². The number of hydrogen-bond acceptors (Lipinski definition) is 4. The summed E-state index contributed by atoms with van der Waals surface area (Å²) in [5, 5.41) is 1.32. The second-order valence-electron chi connectivity index (χ2n) is 26.2. The number of rotatable bonds is 6. The topological polar surface area (TPSA) is 9.72 Å². The van der Waals surface area contributed by atoms with Crippen molar-refractivity contribution in [2.45, 2.75) is 130 Å². The van der Waals surface area contributed by atoms with Gasteiger partial charge in [0.15, 0.2) is 0 Å². The van der Waals surface area contributed by atoms with Gasteiger partial charge in [0.2, 0.25) is 0 Å². The maximum absolute atomic E-state index is 2.71. The van der Waals surface area contributed by atoms with E-state index in [0.29, 0.717) is 0 Å². The monoisotopic (exact) mass is 998 g/mol. The van der Waals surface area contributed by atoms with Crippen molar-refractivity contribution in [2.24, 2.45) is 0 Å². The van der Waals surface area contributed by atoms with Gasteiger partial charge in [0.25, 0.3) is 6.71 Å². The van der Waals surface area contributed by atoms with Crippen LogP contribution in [-0.4, -0.2) is 6.71 Å². The van der Waals surface area contributed by atoms with Gasteiger partial charge in [-0.15, -0.1) is 11.3 Å². The Kier molecular flexibility index (Phi) is 11.4. The van der Waals surface area contributed by atoms with Gasteiger partial charge in [0.05, 0.1) is 17.1 Å². The van der Waals surface area contributed by atoms with Gasteiger partial charge in [-0.3, -0.25) is 0 Å². The summed E-state index contributed by atoms with van der Waals surface area (Å²) in [7, 11) is 0. The summed E-state index contributed by atoms with van der Waals surface area (Å²) in [5.41, 5.74) is 22.6. The fraction of sp³-hybridized carbons (Fsp3) is 0.286. The zero-order valence-corrected chi connectivity index (χ0v) is 47.3. The fourth-order valence-electron chi connectivity index (χ4n) is 12.4. The van der Waals surface area contributed by atoms with E-state index < -0.39 is 0 Å². The van der Waals surface area contributed by atoms with E-state index in [9.17, 15) is 0 Å². The second kappa shape index (κ2) is 17.4. The van der Waals surface area contributed by atoms with Gasteiger partial charge >= 0.3 is 0 Å². The Labute approximate surface area is 452 Å². The molecule has 12 rings (SSSR count). The molecule has 0 amide bonds. The van der Waals surface area contributed by atoms with Crippen LogP contribution in [0.2, 0.25) is 0 Å². The maximum atomic E-state index is 2.71. The molecule has 0 atom stereocenters. The molecule has 0 saturated heterocycles. The summed E-state index contributed by atoms with van der Waals surface area (Å²) in [6, 6.07) is 67.7. The first-order chi connectivity index (χ1) is 35.6. The lowest BCUT2D eigenvalue weighted by molar-refractivity contribution is 0.332. The average Bonchev–Trinajstić information content (AvgIpc) is 3.81. The van der Waals surface area contributed by atoms with Crippen molar-refractivity contribution in [3.8, 4) is 11.1 Å². The predicted octanol–water partition coefficient (Wildman–Crippen LogP) is 18.4. The quantitative estimate of drug-likeness (QED) is 0.154. The largest absolute Gasteiger partial charge is 0.311 e. The van der Waals surface area contributed by atoms with Gasteiger partial charge in [-0.1, -0.05) is 187 Å². The van der Waals surface area contributed by atoms with E-state index in [1.54, 1.807) is 0 Å². The summed E-state index contributed by atoms with van der Waals surface area (Å²) in [5.74, 6) is 0. The van der Waals surface area contributed by atoms with Crippen LogP contribution in [0.15, 0.2) is 176 Å². The number of nitrogens with zero attached hydrogens (tertiary/aromatic N) is 3. The molecule has 0 saturated carbocycles. The molecule has 3 heterocycles. The normalized spacial score (nSPS) is 15.6. The van der Waals surface area contributed by atoms with Crippen molar-refractivity contribution in [3.05, 3.63) is 204 Å². The SMILES string of the molecule is CC(C)(C)c1ccc(N2c3cc(C(C)(C)C)ccc3B3c4sc5ccc(C(C)(C)C)cc5c4N(c4ccc5c(c4)C(C)(C)CCC5(C)C)c4cc(N(c5ccccc5)c5ccccc5)cc2c43)c(-c2ccccc2)c1. The molecular formula is C70H72BN3S. The lowest BCUT2D eigenvalue weighted by atomic mass is 9.36. The van der Waals surface area contributed by atoms with Crippen molar-refractivity contribution in [1.82, 2.24) is 0 Å². The third-order valence-electron chi connectivity index (χ3n) is 16.9. The fourth-order valence-corrected chi connectivity index (χ4v) is 13.7. The van der Waals surface area contributed by atoms with E-state index in [-0.39, 0.29) is 33.8 Å². The summed E-state index contributed by atoms with van der Waals surface area (Å²) < 4.78 is 2.72. The van der Waals surface area contributed by atoms with Crippen molar-refractivity contribution in [2.75, 3.05) is 14.7 Å². The molecule has 3 nitrogen and oxygen atoms in total. The van der Waals surface area contributed by atoms with E-state index >= 15 is 0 Å². The van der Waals surface area contributed by atoms with Gasteiger partial charge in [-0.2, -0.15) is 0 Å². The molecule has 0 spiro atoms. The number of para-hydroxylation sites is 2. The standard InChI is InChI=1S/C70H72BN3S/c1-66(2,3)46-30-35-58(53(39-46)45-23-17-14-18-24-45)74-59-41-48(68(7,8)9)29-34-57(59)71-63-60(43-52(44-61(63)74)72(49-25-19-15-20-26-49)50-27-21-16-22-28-50)73(51-32-33-55-56(42-51)70(12,13)38-37-69(55,10)11)64-54-40-47(67(4,5)6)31-36-62(54)75-65(64)71/h14-36,39-44H,37-38H2,1-13H3.